The van der Waals surface area contributed by atoms with Crippen LogP contribution in [0.25, 0.3) is 0 Å². The van der Waals surface area contributed by atoms with Gasteiger partial charge in [0.15, 0.2) is 0 Å². The summed E-state index contributed by atoms with van der Waals surface area (Å²) in [4.78, 5) is 12.4. The maximum absolute atomic E-state index is 12.4. The zero-order valence-corrected chi connectivity index (χ0v) is 12.9. The third-order valence-electron chi connectivity index (χ3n) is 3.90. The fourth-order valence-electron chi connectivity index (χ4n) is 2.71. The molecule has 1 saturated carbocycles. The lowest BCUT2D eigenvalue weighted by Gasteiger charge is -2.19. The van der Waals surface area contributed by atoms with E-state index < -0.39 is 0 Å². The normalized spacial score (nSPS) is 17.5. The zero-order chi connectivity index (χ0) is 13.5. The van der Waals surface area contributed by atoms with Crippen LogP contribution in [-0.4, -0.2) is 5.91 Å². The zero-order valence-electron chi connectivity index (χ0n) is 11.3. The predicted octanol–water partition coefficient (Wildman–Crippen LogP) is 4.88. The Labute approximate surface area is 124 Å². The summed E-state index contributed by atoms with van der Waals surface area (Å²) in [5, 5.41) is 3.88. The monoisotopic (exact) mass is 323 g/mol. The first-order chi connectivity index (χ1) is 9.31. The van der Waals surface area contributed by atoms with Gasteiger partial charge in [0.1, 0.15) is 0 Å². The van der Waals surface area contributed by atoms with Crippen molar-refractivity contribution in [3.8, 4) is 0 Å². The molecule has 0 saturated heterocycles. The number of alkyl halides is 1. The van der Waals surface area contributed by atoms with E-state index in [-0.39, 0.29) is 11.8 Å². The quantitative estimate of drug-likeness (QED) is 0.789. The van der Waals surface area contributed by atoms with Crippen LogP contribution in [0.4, 0.5) is 5.69 Å². The number of hydrogen-bond donors (Lipinski definition) is 1. The second-order valence-corrected chi connectivity index (χ2v) is 5.88. The standard InChI is InChI=1S/C16H22BrNO/c17-12-14-10-6-7-11-15(14)18-16(19)13-8-4-2-1-3-5-9-13/h6-7,10-11,13H,1-5,8-9,12H2,(H,18,19). The van der Waals surface area contributed by atoms with Crippen molar-refractivity contribution in [3.63, 3.8) is 0 Å². The number of benzene rings is 1. The lowest BCUT2D eigenvalue weighted by atomic mass is 9.90. The van der Waals surface area contributed by atoms with Gasteiger partial charge in [-0.05, 0) is 24.5 Å². The summed E-state index contributed by atoms with van der Waals surface area (Å²) in [6.45, 7) is 0. The summed E-state index contributed by atoms with van der Waals surface area (Å²) < 4.78 is 0. The Bertz CT molecular complexity index is 411. The number of amides is 1. The topological polar surface area (TPSA) is 29.1 Å². The van der Waals surface area contributed by atoms with E-state index >= 15 is 0 Å². The van der Waals surface area contributed by atoms with E-state index in [0.29, 0.717) is 0 Å². The molecule has 0 radical (unpaired) electrons. The van der Waals surface area contributed by atoms with Gasteiger partial charge in [0.05, 0.1) is 0 Å². The highest BCUT2D eigenvalue weighted by atomic mass is 79.9. The molecule has 1 aromatic carbocycles. The minimum atomic E-state index is 0.198. The Morgan fingerprint density at radius 1 is 1.11 bits per heavy atom. The second kappa shape index (κ2) is 7.68. The predicted molar refractivity (Wildman–Crippen MR) is 83.5 cm³/mol. The Morgan fingerprint density at radius 3 is 2.42 bits per heavy atom. The molecule has 0 bridgehead atoms. The molecule has 0 spiro atoms. The van der Waals surface area contributed by atoms with Crippen LogP contribution in [0.3, 0.4) is 0 Å². The van der Waals surface area contributed by atoms with E-state index in [1.807, 2.05) is 24.3 Å². The largest absolute Gasteiger partial charge is 0.326 e. The van der Waals surface area contributed by atoms with E-state index in [4.69, 9.17) is 0 Å². The highest BCUT2D eigenvalue weighted by Crippen LogP contribution is 2.25. The number of anilines is 1. The molecule has 19 heavy (non-hydrogen) atoms. The van der Waals surface area contributed by atoms with E-state index in [1.54, 1.807) is 0 Å². The SMILES string of the molecule is O=C(Nc1ccccc1CBr)C1CCCCCCC1. The van der Waals surface area contributed by atoms with Gasteiger partial charge in [0.25, 0.3) is 0 Å². The van der Waals surface area contributed by atoms with E-state index in [0.717, 1.165) is 29.4 Å². The minimum absolute atomic E-state index is 0.198. The van der Waals surface area contributed by atoms with Crippen molar-refractivity contribution in [3.05, 3.63) is 29.8 Å². The van der Waals surface area contributed by atoms with Crippen molar-refractivity contribution >= 4 is 27.5 Å². The van der Waals surface area contributed by atoms with Gasteiger partial charge >= 0.3 is 0 Å². The summed E-state index contributed by atoms with van der Waals surface area (Å²) in [6, 6.07) is 8.00. The molecule has 2 rings (SSSR count). The lowest BCUT2D eigenvalue weighted by Crippen LogP contribution is -2.24. The molecular weight excluding hydrogens is 302 g/mol. The first kappa shape index (κ1) is 14.6. The Kier molecular flexibility index (Phi) is 5.90. The Hall–Kier alpha value is -0.830. The summed E-state index contributed by atoms with van der Waals surface area (Å²) in [7, 11) is 0. The van der Waals surface area contributed by atoms with Crippen molar-refractivity contribution in [1.29, 1.82) is 0 Å². The molecule has 0 heterocycles. The Morgan fingerprint density at radius 2 is 1.74 bits per heavy atom. The number of hydrogen-bond acceptors (Lipinski definition) is 1. The van der Waals surface area contributed by atoms with Crippen molar-refractivity contribution in [2.45, 2.75) is 50.3 Å². The lowest BCUT2D eigenvalue weighted by molar-refractivity contribution is -0.120. The van der Waals surface area contributed by atoms with Crippen LogP contribution in [0.15, 0.2) is 24.3 Å². The molecule has 2 nitrogen and oxygen atoms in total. The van der Waals surface area contributed by atoms with Gasteiger partial charge in [-0.15, -0.1) is 0 Å². The molecule has 1 amide bonds. The average molecular weight is 324 g/mol. The number of nitrogens with one attached hydrogen (secondary N) is 1. The minimum Gasteiger partial charge on any atom is -0.326 e. The molecule has 1 aromatic rings. The molecule has 0 aliphatic heterocycles. The molecule has 1 N–H and O–H groups in total. The third-order valence-corrected chi connectivity index (χ3v) is 4.50. The Balaban J connectivity index is 1.98. The maximum atomic E-state index is 12.4. The molecular formula is C16H22BrNO. The first-order valence-corrected chi connectivity index (χ1v) is 8.38. The fraction of sp³-hybridized carbons (Fsp3) is 0.562. The highest BCUT2D eigenvalue weighted by molar-refractivity contribution is 9.08. The van der Waals surface area contributed by atoms with Crippen LogP contribution in [0.2, 0.25) is 0 Å². The number of halogens is 1. The van der Waals surface area contributed by atoms with Gasteiger partial charge in [-0.1, -0.05) is 66.2 Å². The molecule has 3 heteroatoms. The van der Waals surface area contributed by atoms with Crippen LogP contribution in [0, 0.1) is 5.92 Å². The van der Waals surface area contributed by atoms with Gasteiger partial charge < -0.3 is 5.32 Å². The van der Waals surface area contributed by atoms with Gasteiger partial charge in [-0.3, -0.25) is 4.79 Å². The number of para-hydroxylation sites is 1. The average Bonchev–Trinajstić information content (AvgIpc) is 2.38. The maximum Gasteiger partial charge on any atom is 0.227 e. The van der Waals surface area contributed by atoms with E-state index in [1.165, 1.54) is 32.1 Å². The molecule has 104 valence electrons. The van der Waals surface area contributed by atoms with E-state index in [9.17, 15) is 4.79 Å². The van der Waals surface area contributed by atoms with Gasteiger partial charge in [0.2, 0.25) is 5.91 Å². The summed E-state index contributed by atoms with van der Waals surface area (Å²) in [5.41, 5.74) is 2.09. The van der Waals surface area contributed by atoms with Gasteiger partial charge in [-0.2, -0.15) is 0 Å². The van der Waals surface area contributed by atoms with Crippen LogP contribution in [0.1, 0.15) is 50.5 Å². The van der Waals surface area contributed by atoms with Crippen LogP contribution in [0.5, 0.6) is 0 Å². The second-order valence-electron chi connectivity index (χ2n) is 5.32. The molecule has 1 aliphatic rings. The summed E-state index contributed by atoms with van der Waals surface area (Å²) in [6.07, 6.45) is 8.37. The number of rotatable bonds is 3. The van der Waals surface area contributed by atoms with Gasteiger partial charge in [-0.25, -0.2) is 0 Å². The molecule has 0 atom stereocenters. The van der Waals surface area contributed by atoms with Crippen molar-refractivity contribution < 1.29 is 4.79 Å². The molecule has 0 aromatic heterocycles. The smallest absolute Gasteiger partial charge is 0.227 e. The van der Waals surface area contributed by atoms with Crippen molar-refractivity contribution in [1.82, 2.24) is 0 Å². The first-order valence-electron chi connectivity index (χ1n) is 7.26. The third kappa shape index (κ3) is 4.34. The highest BCUT2D eigenvalue weighted by Gasteiger charge is 2.19. The van der Waals surface area contributed by atoms with Crippen LogP contribution in [-0.2, 0) is 10.1 Å². The van der Waals surface area contributed by atoms with Crippen molar-refractivity contribution in [2.75, 3.05) is 5.32 Å². The summed E-state index contributed by atoms with van der Waals surface area (Å²) in [5.74, 6) is 0.402. The van der Waals surface area contributed by atoms with E-state index in [2.05, 4.69) is 21.2 Å². The van der Waals surface area contributed by atoms with Crippen LogP contribution >= 0.6 is 15.9 Å². The molecule has 0 unspecified atom stereocenters. The number of carbonyl (C=O) groups excluding carboxylic acids is 1. The summed E-state index contributed by atoms with van der Waals surface area (Å²) >= 11 is 3.47. The van der Waals surface area contributed by atoms with Crippen molar-refractivity contribution in [2.24, 2.45) is 5.92 Å². The molecule has 1 aliphatic carbocycles. The molecule has 1 fully saturated rings. The van der Waals surface area contributed by atoms with Gasteiger partial charge in [0, 0.05) is 16.9 Å². The fourth-order valence-corrected chi connectivity index (χ4v) is 3.20. The van der Waals surface area contributed by atoms with Crippen LogP contribution < -0.4 is 5.32 Å². The number of carbonyl (C=O) groups is 1.